The Kier molecular flexibility index (Phi) is 4.96. The van der Waals surface area contributed by atoms with Gasteiger partial charge in [-0.05, 0) is 46.3 Å². The lowest BCUT2D eigenvalue weighted by molar-refractivity contribution is -0.129. The Hall–Kier alpha value is -2.60. The number of halogens is 1. The van der Waals surface area contributed by atoms with Gasteiger partial charge in [-0.3, -0.25) is 9.78 Å². The van der Waals surface area contributed by atoms with E-state index >= 15 is 0 Å². The van der Waals surface area contributed by atoms with Gasteiger partial charge in [0.05, 0.1) is 5.69 Å². The maximum Gasteiger partial charge on any atom is 0.294 e. The van der Waals surface area contributed by atoms with Crippen LogP contribution in [-0.2, 0) is 16.0 Å². The molecule has 2 aromatic carbocycles. The number of carbonyl (C=O) groups excluding carboxylic acids is 1. The molecular formula is C18H14BrNO4. The smallest absolute Gasteiger partial charge is 0.294 e. The molecule has 0 bridgehead atoms. The zero-order chi connectivity index (χ0) is 16.9. The van der Waals surface area contributed by atoms with Crippen LogP contribution >= 0.6 is 15.9 Å². The number of nitrogens with zero attached hydrogens (tertiary/aromatic N) is 1. The largest absolute Gasteiger partial charge is 0.505 e. The second kappa shape index (κ2) is 7.31. The summed E-state index contributed by atoms with van der Waals surface area (Å²) in [5, 5.41) is 11.3. The molecule has 3 rings (SSSR count). The van der Waals surface area contributed by atoms with Crippen LogP contribution in [-0.4, -0.2) is 21.6 Å². The van der Waals surface area contributed by atoms with Crippen LogP contribution in [0.1, 0.15) is 5.69 Å². The van der Waals surface area contributed by atoms with Crippen LogP contribution in [0.15, 0.2) is 54.7 Å². The van der Waals surface area contributed by atoms with Crippen LogP contribution in [0, 0.1) is 0 Å². The van der Waals surface area contributed by atoms with Gasteiger partial charge in [0, 0.05) is 23.4 Å². The van der Waals surface area contributed by atoms with Crippen LogP contribution in [0.2, 0.25) is 0 Å². The third-order valence-electron chi connectivity index (χ3n) is 3.45. The standard InChI is InChI=1S/C18H14BrNO4/c19-17(23-11-21)9-16-18(22)15-7-6-14(8-12(15)10-20-16)24-13-4-2-1-3-5-13/h1-8,10-11,17,22H,9H2. The van der Waals surface area contributed by atoms with Crippen LogP contribution in [0.25, 0.3) is 10.8 Å². The zero-order valence-electron chi connectivity index (χ0n) is 12.6. The van der Waals surface area contributed by atoms with E-state index in [9.17, 15) is 9.90 Å². The number of alkyl halides is 1. The topological polar surface area (TPSA) is 68.7 Å². The summed E-state index contributed by atoms with van der Waals surface area (Å²) in [6.07, 6.45) is 1.92. The maximum atomic E-state index is 10.4. The lowest BCUT2D eigenvalue weighted by atomic mass is 10.1. The lowest BCUT2D eigenvalue weighted by Crippen LogP contribution is -2.08. The highest BCUT2D eigenvalue weighted by molar-refractivity contribution is 9.09. The Bertz CT molecular complexity index is 854. The van der Waals surface area contributed by atoms with Gasteiger partial charge in [0.15, 0.2) is 5.01 Å². The first-order valence-corrected chi connectivity index (χ1v) is 8.15. The van der Waals surface area contributed by atoms with Gasteiger partial charge >= 0.3 is 0 Å². The predicted molar refractivity (Wildman–Crippen MR) is 93.5 cm³/mol. The van der Waals surface area contributed by atoms with Crippen molar-refractivity contribution in [2.75, 3.05) is 0 Å². The summed E-state index contributed by atoms with van der Waals surface area (Å²) < 4.78 is 10.5. The van der Waals surface area contributed by atoms with Crippen LogP contribution in [0.4, 0.5) is 0 Å². The van der Waals surface area contributed by atoms with Gasteiger partial charge in [0.1, 0.15) is 17.2 Å². The lowest BCUT2D eigenvalue weighted by Gasteiger charge is -2.11. The summed E-state index contributed by atoms with van der Waals surface area (Å²) in [4.78, 5) is 14.6. The molecule has 1 N–H and O–H groups in total. The number of rotatable bonds is 6. The van der Waals surface area contributed by atoms with Gasteiger partial charge in [-0.15, -0.1) is 0 Å². The molecule has 0 saturated heterocycles. The number of para-hydroxylation sites is 1. The molecule has 122 valence electrons. The molecule has 3 aromatic rings. The number of pyridine rings is 1. The summed E-state index contributed by atoms with van der Waals surface area (Å²) >= 11 is 3.20. The number of fused-ring (bicyclic) bond motifs is 1. The molecular weight excluding hydrogens is 374 g/mol. The van der Waals surface area contributed by atoms with Crippen molar-refractivity contribution in [2.24, 2.45) is 0 Å². The van der Waals surface area contributed by atoms with E-state index in [-0.39, 0.29) is 12.2 Å². The Morgan fingerprint density at radius 2 is 1.96 bits per heavy atom. The van der Waals surface area contributed by atoms with Crippen molar-refractivity contribution in [1.29, 1.82) is 0 Å². The van der Waals surface area contributed by atoms with Crippen LogP contribution in [0.5, 0.6) is 17.2 Å². The molecule has 0 aliphatic heterocycles. The average molecular weight is 388 g/mol. The third-order valence-corrected chi connectivity index (χ3v) is 3.99. The van der Waals surface area contributed by atoms with E-state index in [1.165, 1.54) is 0 Å². The van der Waals surface area contributed by atoms with E-state index in [1.54, 1.807) is 18.3 Å². The molecule has 1 atom stereocenters. The van der Waals surface area contributed by atoms with Crippen molar-refractivity contribution in [2.45, 2.75) is 11.4 Å². The van der Waals surface area contributed by atoms with E-state index in [0.717, 1.165) is 11.1 Å². The quantitative estimate of drug-likeness (QED) is 0.507. The first-order valence-electron chi connectivity index (χ1n) is 7.24. The monoisotopic (exact) mass is 387 g/mol. The van der Waals surface area contributed by atoms with E-state index in [1.807, 2.05) is 36.4 Å². The highest BCUT2D eigenvalue weighted by Crippen LogP contribution is 2.32. The third kappa shape index (κ3) is 3.65. The fraction of sp³-hybridized carbons (Fsp3) is 0.111. The first kappa shape index (κ1) is 16.3. The van der Waals surface area contributed by atoms with E-state index in [0.29, 0.717) is 23.3 Å². The zero-order valence-corrected chi connectivity index (χ0v) is 14.1. The number of ether oxygens (including phenoxy) is 2. The van der Waals surface area contributed by atoms with Crippen LogP contribution < -0.4 is 4.74 Å². The van der Waals surface area contributed by atoms with Gasteiger partial charge in [-0.2, -0.15) is 0 Å². The van der Waals surface area contributed by atoms with Gasteiger partial charge < -0.3 is 14.6 Å². The molecule has 0 amide bonds. The van der Waals surface area contributed by atoms with Crippen molar-refractivity contribution in [3.8, 4) is 17.2 Å². The summed E-state index contributed by atoms with van der Waals surface area (Å²) in [7, 11) is 0. The average Bonchev–Trinajstić information content (AvgIpc) is 2.59. The molecule has 1 unspecified atom stereocenters. The number of hydrogen-bond donors (Lipinski definition) is 1. The molecule has 0 fully saturated rings. The molecule has 1 aromatic heterocycles. The Labute approximate surface area is 147 Å². The van der Waals surface area contributed by atoms with Crippen molar-refractivity contribution in [3.05, 3.63) is 60.4 Å². The summed E-state index contributed by atoms with van der Waals surface area (Å²) in [6, 6.07) is 14.8. The summed E-state index contributed by atoms with van der Waals surface area (Å²) in [5.41, 5.74) is 0.447. The molecule has 24 heavy (non-hydrogen) atoms. The molecule has 0 aliphatic rings. The Balaban J connectivity index is 1.87. The summed E-state index contributed by atoms with van der Waals surface area (Å²) in [5.74, 6) is 1.46. The molecule has 5 nitrogen and oxygen atoms in total. The highest BCUT2D eigenvalue weighted by Gasteiger charge is 2.14. The number of aromatic nitrogens is 1. The fourth-order valence-electron chi connectivity index (χ4n) is 2.33. The highest BCUT2D eigenvalue weighted by atomic mass is 79.9. The number of benzene rings is 2. The van der Waals surface area contributed by atoms with Crippen molar-refractivity contribution >= 4 is 33.2 Å². The van der Waals surface area contributed by atoms with Gasteiger partial charge in [-0.25, -0.2) is 0 Å². The Morgan fingerprint density at radius 1 is 1.17 bits per heavy atom. The number of hydrogen-bond acceptors (Lipinski definition) is 5. The van der Waals surface area contributed by atoms with E-state index in [2.05, 4.69) is 20.9 Å². The normalized spacial score (nSPS) is 11.9. The van der Waals surface area contributed by atoms with E-state index < -0.39 is 5.01 Å². The molecule has 0 saturated carbocycles. The van der Waals surface area contributed by atoms with Gasteiger partial charge in [0.25, 0.3) is 6.47 Å². The first-order chi connectivity index (χ1) is 11.7. The second-order valence-electron chi connectivity index (χ2n) is 5.06. The molecule has 6 heteroatoms. The Morgan fingerprint density at radius 3 is 2.71 bits per heavy atom. The minimum Gasteiger partial charge on any atom is -0.505 e. The SMILES string of the molecule is O=COC(Br)Cc1ncc2cc(Oc3ccccc3)ccc2c1O. The van der Waals surface area contributed by atoms with E-state index in [4.69, 9.17) is 9.47 Å². The van der Waals surface area contributed by atoms with Crippen molar-refractivity contribution in [3.63, 3.8) is 0 Å². The van der Waals surface area contributed by atoms with Crippen molar-refractivity contribution < 1.29 is 19.4 Å². The molecule has 1 heterocycles. The minimum atomic E-state index is -0.536. The fourth-order valence-corrected chi connectivity index (χ4v) is 2.72. The number of aromatic hydroxyl groups is 1. The number of carbonyl (C=O) groups is 1. The van der Waals surface area contributed by atoms with Gasteiger partial charge in [-0.1, -0.05) is 18.2 Å². The minimum absolute atomic E-state index is 0.0673. The van der Waals surface area contributed by atoms with Crippen LogP contribution in [0.3, 0.4) is 0 Å². The predicted octanol–water partition coefficient (Wildman–Crippen LogP) is 4.17. The van der Waals surface area contributed by atoms with Crippen molar-refractivity contribution in [1.82, 2.24) is 4.98 Å². The second-order valence-corrected chi connectivity index (χ2v) is 6.09. The molecule has 0 aliphatic carbocycles. The molecule has 0 spiro atoms. The molecule has 0 radical (unpaired) electrons. The van der Waals surface area contributed by atoms with Gasteiger partial charge in [0.2, 0.25) is 0 Å². The maximum absolute atomic E-state index is 10.4. The summed E-state index contributed by atoms with van der Waals surface area (Å²) in [6.45, 7) is 0.352.